The number of carbonyl (C=O) groups excluding carboxylic acids is 2. The van der Waals surface area contributed by atoms with E-state index in [0.717, 1.165) is 15.6 Å². The number of nitrogens with one attached hydrogen (secondary N) is 2. The fourth-order valence-corrected chi connectivity index (χ4v) is 2.49. The fourth-order valence-electron chi connectivity index (χ4n) is 2.07. The highest BCUT2D eigenvalue weighted by Gasteiger charge is 2.06. The summed E-state index contributed by atoms with van der Waals surface area (Å²) in [7, 11) is 0. The molecule has 2 rings (SSSR count). The summed E-state index contributed by atoms with van der Waals surface area (Å²) in [6, 6.07) is 16.6. The minimum atomic E-state index is -0.350. The Hall–Kier alpha value is -2.91. The van der Waals surface area contributed by atoms with E-state index in [9.17, 15) is 9.59 Å². The number of para-hydroxylation sites is 1. The molecule has 2 aromatic carbocycles. The summed E-state index contributed by atoms with van der Waals surface area (Å²) < 4.78 is 0.902. The van der Waals surface area contributed by atoms with Gasteiger partial charge in [0.1, 0.15) is 6.42 Å². The number of halogens is 1. The average Bonchev–Trinajstić information content (AvgIpc) is 2.60. The van der Waals surface area contributed by atoms with Gasteiger partial charge in [-0.1, -0.05) is 52.3 Å². The van der Waals surface area contributed by atoms with Gasteiger partial charge in [0, 0.05) is 22.8 Å². The summed E-state index contributed by atoms with van der Waals surface area (Å²) in [5, 5.41) is 13.9. The Morgan fingerprint density at radius 1 is 1.12 bits per heavy atom. The summed E-state index contributed by atoms with van der Waals surface area (Å²) in [5.41, 5.74) is 2.27. The predicted molar refractivity (Wildman–Crippen MR) is 100 cm³/mol. The van der Waals surface area contributed by atoms with Crippen molar-refractivity contribution in [3.05, 3.63) is 70.2 Å². The van der Waals surface area contributed by atoms with Crippen molar-refractivity contribution in [2.24, 2.45) is 0 Å². The van der Waals surface area contributed by atoms with Crippen molar-refractivity contribution >= 4 is 39.5 Å². The molecule has 2 amide bonds. The molecule has 25 heavy (non-hydrogen) atoms. The third kappa shape index (κ3) is 5.90. The first kappa shape index (κ1) is 18.4. The Labute approximate surface area is 154 Å². The van der Waals surface area contributed by atoms with Crippen LogP contribution in [0.1, 0.15) is 17.5 Å². The summed E-state index contributed by atoms with van der Waals surface area (Å²) in [6.45, 7) is 0.241. The molecule has 0 unspecified atom stereocenters. The van der Waals surface area contributed by atoms with Gasteiger partial charge < -0.3 is 10.6 Å². The molecule has 6 heteroatoms. The van der Waals surface area contributed by atoms with E-state index < -0.39 is 0 Å². The Kier molecular flexibility index (Phi) is 6.93. The largest absolute Gasteiger partial charge is 0.351 e. The Morgan fingerprint density at radius 2 is 1.84 bits per heavy atom. The smallest absolute Gasteiger partial charge is 0.248 e. The van der Waals surface area contributed by atoms with Crippen molar-refractivity contribution in [3.63, 3.8) is 0 Å². The van der Waals surface area contributed by atoms with Gasteiger partial charge in [-0.05, 0) is 29.3 Å². The van der Waals surface area contributed by atoms with Crippen LogP contribution in [0.2, 0.25) is 0 Å². The van der Waals surface area contributed by atoms with Crippen LogP contribution >= 0.6 is 15.9 Å². The van der Waals surface area contributed by atoms with Gasteiger partial charge in [0.25, 0.3) is 0 Å². The SMILES string of the molecule is N#CCC(=O)NCc1ccccc1NC(=O)/C=C/c1ccccc1Br. The van der Waals surface area contributed by atoms with Gasteiger partial charge in [0.05, 0.1) is 6.07 Å². The zero-order valence-corrected chi connectivity index (χ0v) is 14.9. The first-order chi connectivity index (χ1) is 12.1. The second-order valence-corrected chi connectivity index (χ2v) is 5.97. The maximum atomic E-state index is 12.1. The third-order valence-corrected chi connectivity index (χ3v) is 4.03. The van der Waals surface area contributed by atoms with Crippen LogP contribution in [0.3, 0.4) is 0 Å². The van der Waals surface area contributed by atoms with Gasteiger partial charge in [0.15, 0.2) is 0 Å². The van der Waals surface area contributed by atoms with E-state index >= 15 is 0 Å². The van der Waals surface area contributed by atoms with Crippen LogP contribution < -0.4 is 10.6 Å². The summed E-state index contributed by atoms with van der Waals surface area (Å²) in [4.78, 5) is 23.6. The van der Waals surface area contributed by atoms with Crippen LogP contribution in [0.25, 0.3) is 6.08 Å². The van der Waals surface area contributed by atoms with Crippen molar-refractivity contribution in [2.45, 2.75) is 13.0 Å². The summed E-state index contributed by atoms with van der Waals surface area (Å²) >= 11 is 3.43. The van der Waals surface area contributed by atoms with E-state index in [4.69, 9.17) is 5.26 Å². The van der Waals surface area contributed by atoms with Gasteiger partial charge in [-0.15, -0.1) is 0 Å². The molecule has 0 atom stereocenters. The predicted octanol–water partition coefficient (Wildman–Crippen LogP) is 3.63. The van der Waals surface area contributed by atoms with Crippen molar-refractivity contribution in [1.29, 1.82) is 5.26 Å². The molecular weight excluding hydrogens is 382 g/mol. The van der Waals surface area contributed by atoms with Crippen LogP contribution in [-0.2, 0) is 16.1 Å². The van der Waals surface area contributed by atoms with E-state index in [1.54, 1.807) is 30.3 Å². The molecule has 0 bridgehead atoms. The molecule has 0 heterocycles. The molecular formula is C19H16BrN3O2. The highest BCUT2D eigenvalue weighted by atomic mass is 79.9. The van der Waals surface area contributed by atoms with Crippen molar-refractivity contribution < 1.29 is 9.59 Å². The van der Waals surface area contributed by atoms with Gasteiger partial charge in [-0.2, -0.15) is 5.26 Å². The maximum Gasteiger partial charge on any atom is 0.248 e. The molecule has 0 radical (unpaired) electrons. The van der Waals surface area contributed by atoms with Crippen molar-refractivity contribution in [3.8, 4) is 6.07 Å². The zero-order chi connectivity index (χ0) is 18.1. The molecule has 2 aromatic rings. The van der Waals surface area contributed by atoms with E-state index in [2.05, 4.69) is 26.6 Å². The van der Waals surface area contributed by atoms with Gasteiger partial charge in [-0.25, -0.2) is 0 Å². The Balaban J connectivity index is 2.02. The molecule has 0 saturated carbocycles. The van der Waals surface area contributed by atoms with Crippen LogP contribution in [0.5, 0.6) is 0 Å². The number of amides is 2. The topological polar surface area (TPSA) is 82.0 Å². The van der Waals surface area contributed by atoms with E-state index in [1.165, 1.54) is 6.08 Å². The number of hydrogen-bond donors (Lipinski definition) is 2. The number of benzene rings is 2. The van der Waals surface area contributed by atoms with Crippen molar-refractivity contribution in [2.75, 3.05) is 5.32 Å². The number of anilines is 1. The molecule has 126 valence electrons. The number of hydrogen-bond acceptors (Lipinski definition) is 3. The Bertz CT molecular complexity index is 841. The first-order valence-electron chi connectivity index (χ1n) is 7.55. The van der Waals surface area contributed by atoms with E-state index in [0.29, 0.717) is 5.69 Å². The minimum Gasteiger partial charge on any atom is -0.351 e. The maximum absolute atomic E-state index is 12.1. The standard InChI is InChI=1S/C19H16BrN3O2/c20-16-7-3-1-5-14(16)9-10-19(25)23-17-8-4-2-6-15(17)13-22-18(24)11-12-21/h1-10H,11,13H2,(H,22,24)(H,23,25)/b10-9+. The second-order valence-electron chi connectivity index (χ2n) is 5.11. The van der Waals surface area contributed by atoms with E-state index in [1.807, 2.05) is 30.3 Å². The number of rotatable bonds is 6. The number of carbonyl (C=O) groups is 2. The minimum absolute atomic E-state index is 0.191. The molecule has 2 N–H and O–H groups in total. The number of nitrogens with zero attached hydrogens (tertiary/aromatic N) is 1. The monoisotopic (exact) mass is 397 g/mol. The quantitative estimate of drug-likeness (QED) is 0.730. The summed E-state index contributed by atoms with van der Waals surface area (Å²) in [6.07, 6.45) is 2.98. The van der Waals surface area contributed by atoms with Gasteiger partial charge >= 0.3 is 0 Å². The third-order valence-electron chi connectivity index (χ3n) is 3.31. The summed E-state index contributed by atoms with van der Waals surface area (Å²) in [5.74, 6) is -0.621. The lowest BCUT2D eigenvalue weighted by molar-refractivity contribution is -0.120. The molecule has 0 aliphatic carbocycles. The zero-order valence-electron chi connectivity index (χ0n) is 13.3. The van der Waals surface area contributed by atoms with Crippen LogP contribution in [0.15, 0.2) is 59.1 Å². The fraction of sp³-hybridized carbons (Fsp3) is 0.105. The highest BCUT2D eigenvalue weighted by Crippen LogP contribution is 2.18. The normalized spacial score (nSPS) is 10.2. The van der Waals surface area contributed by atoms with Gasteiger partial charge in [0.2, 0.25) is 11.8 Å². The molecule has 0 aliphatic rings. The van der Waals surface area contributed by atoms with Crippen LogP contribution in [0.4, 0.5) is 5.69 Å². The van der Waals surface area contributed by atoms with Crippen LogP contribution in [-0.4, -0.2) is 11.8 Å². The second kappa shape index (κ2) is 9.40. The average molecular weight is 398 g/mol. The first-order valence-corrected chi connectivity index (χ1v) is 8.34. The molecule has 0 fully saturated rings. The van der Waals surface area contributed by atoms with Crippen LogP contribution in [0, 0.1) is 11.3 Å². The lowest BCUT2D eigenvalue weighted by Gasteiger charge is -2.10. The molecule has 0 aromatic heterocycles. The lowest BCUT2D eigenvalue weighted by Crippen LogP contribution is -2.22. The highest BCUT2D eigenvalue weighted by molar-refractivity contribution is 9.10. The Morgan fingerprint density at radius 3 is 2.60 bits per heavy atom. The lowest BCUT2D eigenvalue weighted by atomic mass is 10.1. The van der Waals surface area contributed by atoms with Crippen molar-refractivity contribution in [1.82, 2.24) is 5.32 Å². The number of nitriles is 1. The van der Waals surface area contributed by atoms with Gasteiger partial charge in [-0.3, -0.25) is 9.59 Å². The molecule has 0 spiro atoms. The molecule has 0 saturated heterocycles. The molecule has 0 aliphatic heterocycles. The molecule has 5 nitrogen and oxygen atoms in total. The van der Waals surface area contributed by atoms with E-state index in [-0.39, 0.29) is 24.8 Å².